The van der Waals surface area contributed by atoms with E-state index in [2.05, 4.69) is 0 Å². The molecule has 0 bridgehead atoms. The van der Waals surface area contributed by atoms with Gasteiger partial charge in [0.15, 0.2) is 0 Å². The summed E-state index contributed by atoms with van der Waals surface area (Å²) in [6.45, 7) is 1.78. The third kappa shape index (κ3) is 3.63. The monoisotopic (exact) mass is 352 g/mol. The Hall–Kier alpha value is -0.530. The van der Waals surface area contributed by atoms with E-state index < -0.39 is 10.0 Å². The van der Waals surface area contributed by atoms with Gasteiger partial charge in [-0.05, 0) is 30.9 Å². The average Bonchev–Trinajstić information content (AvgIpc) is 2.45. The maximum Gasteiger partial charge on any atom is 0.244 e. The molecule has 1 aromatic carbocycles. The summed E-state index contributed by atoms with van der Waals surface area (Å²) < 4.78 is 31.8. The highest BCUT2D eigenvalue weighted by atomic mass is 35.5. The summed E-state index contributed by atoms with van der Waals surface area (Å²) >= 11 is 11.9. The fourth-order valence-corrected chi connectivity index (χ4v) is 4.29. The second-order valence-corrected chi connectivity index (χ2v) is 7.91. The third-order valence-electron chi connectivity index (χ3n) is 3.64. The number of rotatable bonds is 4. The molecule has 1 aliphatic rings. The maximum absolute atomic E-state index is 12.6. The first kappa shape index (κ1) is 16.8. The van der Waals surface area contributed by atoms with Crippen molar-refractivity contribution < 1.29 is 13.2 Å². The highest BCUT2D eigenvalue weighted by Gasteiger charge is 2.28. The smallest absolute Gasteiger partial charge is 0.244 e. The molecule has 1 fully saturated rings. The summed E-state index contributed by atoms with van der Waals surface area (Å²) in [5, 5.41) is 0.215. The predicted octanol–water partition coefficient (Wildman–Crippen LogP) is 2.62. The Kier molecular flexibility index (Phi) is 5.38. The zero-order chi connectivity index (χ0) is 15.6. The lowest BCUT2D eigenvalue weighted by molar-refractivity contribution is 0.0620. The van der Waals surface area contributed by atoms with E-state index in [1.807, 2.05) is 0 Å². The van der Waals surface area contributed by atoms with E-state index in [-0.39, 0.29) is 20.6 Å². The minimum absolute atomic E-state index is 0.0133. The van der Waals surface area contributed by atoms with Crippen LogP contribution in [0.5, 0.6) is 0 Å². The van der Waals surface area contributed by atoms with Crippen LogP contribution in [0.25, 0.3) is 0 Å². The van der Waals surface area contributed by atoms with Crippen molar-refractivity contribution in [1.82, 2.24) is 4.31 Å². The standard InChI is InChI=1S/C13H18Cl2N2O3S/c1-17(8-9-4-6-20-7-5-9)21(18,19)11-3-2-10(14)13(16)12(11)15/h2-3,9H,4-8,16H2,1H3. The van der Waals surface area contributed by atoms with Crippen molar-refractivity contribution in [2.75, 3.05) is 32.5 Å². The van der Waals surface area contributed by atoms with Gasteiger partial charge in [-0.15, -0.1) is 0 Å². The molecule has 21 heavy (non-hydrogen) atoms. The lowest BCUT2D eigenvalue weighted by Crippen LogP contribution is -2.34. The first-order valence-corrected chi connectivity index (χ1v) is 8.81. The number of benzene rings is 1. The zero-order valence-corrected chi connectivity index (χ0v) is 14.0. The molecule has 8 heteroatoms. The largest absolute Gasteiger partial charge is 0.396 e. The van der Waals surface area contributed by atoms with Crippen LogP contribution in [0.3, 0.4) is 0 Å². The molecule has 2 N–H and O–H groups in total. The molecule has 0 unspecified atom stereocenters. The van der Waals surface area contributed by atoms with Crippen LogP contribution in [0.2, 0.25) is 10.0 Å². The van der Waals surface area contributed by atoms with Crippen molar-refractivity contribution >= 4 is 38.9 Å². The van der Waals surface area contributed by atoms with E-state index in [1.165, 1.54) is 16.4 Å². The molecule has 0 saturated carbocycles. The SMILES string of the molecule is CN(CC1CCOCC1)S(=O)(=O)c1ccc(Cl)c(N)c1Cl. The summed E-state index contributed by atoms with van der Waals surface area (Å²) in [4.78, 5) is -0.0133. The highest BCUT2D eigenvalue weighted by Crippen LogP contribution is 2.34. The lowest BCUT2D eigenvalue weighted by Gasteiger charge is -2.27. The normalized spacial score (nSPS) is 17.3. The molecule has 1 saturated heterocycles. The molecule has 0 aliphatic carbocycles. The van der Waals surface area contributed by atoms with Crippen LogP contribution < -0.4 is 5.73 Å². The second-order valence-electron chi connectivity index (χ2n) is 5.11. The molecule has 0 radical (unpaired) electrons. The van der Waals surface area contributed by atoms with Gasteiger partial charge in [-0.1, -0.05) is 23.2 Å². The Morgan fingerprint density at radius 2 is 1.95 bits per heavy atom. The number of nitrogens with zero attached hydrogens (tertiary/aromatic N) is 1. The Labute approximate surface area is 135 Å². The van der Waals surface area contributed by atoms with Crippen LogP contribution >= 0.6 is 23.2 Å². The van der Waals surface area contributed by atoms with Gasteiger partial charge in [0.25, 0.3) is 0 Å². The summed E-state index contributed by atoms with van der Waals surface area (Å²) in [5.74, 6) is 0.293. The number of nitrogens with two attached hydrogens (primary N) is 1. The van der Waals surface area contributed by atoms with Gasteiger partial charge in [-0.25, -0.2) is 12.7 Å². The molecule has 2 rings (SSSR count). The predicted molar refractivity (Wildman–Crippen MR) is 84.2 cm³/mol. The number of ether oxygens (including phenoxy) is 1. The number of hydrogen-bond donors (Lipinski definition) is 1. The van der Waals surface area contributed by atoms with Crippen LogP contribution in [0.1, 0.15) is 12.8 Å². The minimum atomic E-state index is -3.69. The van der Waals surface area contributed by atoms with Crippen LogP contribution in [0.15, 0.2) is 17.0 Å². The van der Waals surface area contributed by atoms with Crippen molar-refractivity contribution in [3.8, 4) is 0 Å². The van der Waals surface area contributed by atoms with Crippen molar-refractivity contribution in [3.05, 3.63) is 22.2 Å². The van der Waals surface area contributed by atoms with Gasteiger partial charge < -0.3 is 10.5 Å². The van der Waals surface area contributed by atoms with Crippen LogP contribution in [-0.2, 0) is 14.8 Å². The van der Waals surface area contributed by atoms with Crippen molar-refractivity contribution in [2.24, 2.45) is 5.92 Å². The molecule has 5 nitrogen and oxygen atoms in total. The number of sulfonamides is 1. The minimum Gasteiger partial charge on any atom is -0.396 e. The molecule has 0 amide bonds. The van der Waals surface area contributed by atoms with E-state index in [1.54, 1.807) is 7.05 Å². The Bertz CT molecular complexity index is 616. The van der Waals surface area contributed by atoms with Gasteiger partial charge in [-0.2, -0.15) is 0 Å². The first-order chi connectivity index (χ1) is 9.84. The number of anilines is 1. The summed E-state index contributed by atoms with van der Waals surface area (Å²) in [5.41, 5.74) is 5.78. The summed E-state index contributed by atoms with van der Waals surface area (Å²) in [6, 6.07) is 2.83. The van der Waals surface area contributed by atoms with Crippen LogP contribution in [0, 0.1) is 5.92 Å². The average molecular weight is 353 g/mol. The summed E-state index contributed by atoms with van der Waals surface area (Å²) in [6.07, 6.45) is 1.71. The molecular weight excluding hydrogens is 335 g/mol. The Morgan fingerprint density at radius 3 is 2.57 bits per heavy atom. The molecule has 0 spiro atoms. The van der Waals surface area contributed by atoms with Gasteiger partial charge in [0.1, 0.15) is 4.90 Å². The number of nitrogen functional groups attached to an aromatic ring is 1. The Balaban J connectivity index is 2.22. The van der Waals surface area contributed by atoms with E-state index in [0.717, 1.165) is 12.8 Å². The zero-order valence-electron chi connectivity index (χ0n) is 11.7. The number of halogens is 2. The molecule has 1 aliphatic heterocycles. The molecule has 1 aromatic rings. The highest BCUT2D eigenvalue weighted by molar-refractivity contribution is 7.89. The van der Waals surface area contributed by atoms with Crippen molar-refractivity contribution in [2.45, 2.75) is 17.7 Å². The van der Waals surface area contributed by atoms with Gasteiger partial charge in [0.2, 0.25) is 10.0 Å². The Morgan fingerprint density at radius 1 is 1.33 bits per heavy atom. The lowest BCUT2D eigenvalue weighted by atomic mass is 10.0. The van der Waals surface area contributed by atoms with E-state index >= 15 is 0 Å². The van der Waals surface area contributed by atoms with Gasteiger partial charge in [-0.3, -0.25) is 0 Å². The molecule has 0 aromatic heterocycles. The van der Waals surface area contributed by atoms with Crippen molar-refractivity contribution in [3.63, 3.8) is 0 Å². The quantitative estimate of drug-likeness (QED) is 0.845. The molecular formula is C13H18Cl2N2O3S. The van der Waals surface area contributed by atoms with Gasteiger partial charge in [0.05, 0.1) is 15.7 Å². The second kappa shape index (κ2) is 6.71. The summed E-state index contributed by atoms with van der Waals surface area (Å²) in [7, 11) is -2.14. The van der Waals surface area contributed by atoms with Crippen LogP contribution in [0.4, 0.5) is 5.69 Å². The van der Waals surface area contributed by atoms with E-state index in [4.69, 9.17) is 33.7 Å². The first-order valence-electron chi connectivity index (χ1n) is 6.61. The van der Waals surface area contributed by atoms with E-state index in [0.29, 0.717) is 25.7 Å². The van der Waals surface area contributed by atoms with Crippen LogP contribution in [-0.4, -0.2) is 39.5 Å². The van der Waals surface area contributed by atoms with E-state index in [9.17, 15) is 8.42 Å². The molecule has 0 atom stereocenters. The fourth-order valence-electron chi connectivity index (χ4n) is 2.31. The number of hydrogen-bond acceptors (Lipinski definition) is 4. The van der Waals surface area contributed by atoms with Crippen molar-refractivity contribution in [1.29, 1.82) is 0 Å². The fraction of sp³-hybridized carbons (Fsp3) is 0.538. The van der Waals surface area contributed by atoms with Gasteiger partial charge in [0, 0.05) is 26.8 Å². The topological polar surface area (TPSA) is 72.6 Å². The molecule has 118 valence electrons. The molecule has 1 heterocycles. The van der Waals surface area contributed by atoms with Gasteiger partial charge >= 0.3 is 0 Å². The maximum atomic E-state index is 12.6. The third-order valence-corrected chi connectivity index (χ3v) is 6.35.